The summed E-state index contributed by atoms with van der Waals surface area (Å²) in [5, 5.41) is 0. The Morgan fingerprint density at radius 2 is 1.66 bits per heavy atom. The first-order chi connectivity index (χ1) is 13.7. The van der Waals surface area contributed by atoms with Gasteiger partial charge in [-0.05, 0) is 60.7 Å². The van der Waals surface area contributed by atoms with Crippen LogP contribution in [0.3, 0.4) is 0 Å². The van der Waals surface area contributed by atoms with Gasteiger partial charge in [0.2, 0.25) is 0 Å². The second kappa shape index (κ2) is 9.87. The van der Waals surface area contributed by atoms with Crippen molar-refractivity contribution in [1.29, 1.82) is 0 Å². The molecular weight excluding hydrogens is 372 g/mol. The number of hydrogen-bond donors (Lipinski definition) is 0. The lowest BCUT2D eigenvalue weighted by atomic mass is 9.90. The molecule has 0 saturated carbocycles. The Labute approximate surface area is 170 Å². The molecule has 0 heterocycles. The van der Waals surface area contributed by atoms with Gasteiger partial charge in [0.15, 0.2) is 6.10 Å². The van der Waals surface area contributed by atoms with Crippen LogP contribution in [-0.2, 0) is 19.1 Å². The van der Waals surface area contributed by atoms with Crippen molar-refractivity contribution >= 4 is 18.2 Å². The second-order valence-electron chi connectivity index (χ2n) is 6.91. The quantitative estimate of drug-likeness (QED) is 0.495. The third-order valence-corrected chi connectivity index (χ3v) is 4.52. The van der Waals surface area contributed by atoms with E-state index in [-0.39, 0.29) is 13.2 Å². The molecule has 2 aromatic carbocycles. The molecule has 2 aromatic rings. The van der Waals surface area contributed by atoms with E-state index < -0.39 is 18.0 Å². The number of ether oxygens (including phenoxy) is 3. The van der Waals surface area contributed by atoms with Crippen LogP contribution < -0.4 is 4.74 Å². The molecular formula is C23H26O6. The van der Waals surface area contributed by atoms with Crippen LogP contribution in [0.4, 0.5) is 0 Å². The second-order valence-corrected chi connectivity index (χ2v) is 6.91. The van der Waals surface area contributed by atoms with Gasteiger partial charge < -0.3 is 14.2 Å². The van der Waals surface area contributed by atoms with Crippen LogP contribution in [0.1, 0.15) is 40.9 Å². The van der Waals surface area contributed by atoms with Crippen molar-refractivity contribution in [2.24, 2.45) is 0 Å². The van der Waals surface area contributed by atoms with E-state index >= 15 is 0 Å². The minimum atomic E-state index is -0.691. The summed E-state index contributed by atoms with van der Waals surface area (Å²) in [4.78, 5) is 33.5. The fourth-order valence-electron chi connectivity index (χ4n) is 3.23. The maximum absolute atomic E-state index is 11.3. The van der Waals surface area contributed by atoms with Crippen LogP contribution in [0.15, 0.2) is 30.3 Å². The molecule has 0 radical (unpaired) electrons. The molecule has 1 atom stereocenters. The highest BCUT2D eigenvalue weighted by molar-refractivity contribution is 5.84. The van der Waals surface area contributed by atoms with Crippen molar-refractivity contribution in [1.82, 2.24) is 0 Å². The number of hydrogen-bond acceptors (Lipinski definition) is 6. The van der Waals surface area contributed by atoms with E-state index in [1.54, 1.807) is 6.07 Å². The topological polar surface area (TPSA) is 78.9 Å². The highest BCUT2D eigenvalue weighted by Crippen LogP contribution is 2.33. The first kappa shape index (κ1) is 22.1. The van der Waals surface area contributed by atoms with Gasteiger partial charge in [0.05, 0.1) is 0 Å². The number of rotatable bonds is 8. The molecule has 0 N–H and O–H groups in total. The standard InChI is InChI=1S/C23H26O6/c1-14-9-20(28-13-21(29-18(5)26)12-27-17(4)25)10-15(2)23(14)22-8-6-7-19(11-24)16(22)3/h6-11,21H,12-13H2,1-5H3/t21-/m0/s1. The predicted molar refractivity (Wildman–Crippen MR) is 109 cm³/mol. The molecule has 0 aliphatic rings. The van der Waals surface area contributed by atoms with Gasteiger partial charge in [0.1, 0.15) is 25.2 Å². The third kappa shape index (κ3) is 5.91. The Bertz CT molecular complexity index is 893. The van der Waals surface area contributed by atoms with E-state index in [1.807, 2.05) is 45.0 Å². The summed E-state index contributed by atoms with van der Waals surface area (Å²) in [7, 11) is 0. The summed E-state index contributed by atoms with van der Waals surface area (Å²) in [6, 6.07) is 9.45. The molecule has 0 saturated heterocycles. The summed E-state index contributed by atoms with van der Waals surface area (Å²) < 4.78 is 15.9. The number of benzene rings is 2. The first-order valence-electron chi connectivity index (χ1n) is 9.32. The van der Waals surface area contributed by atoms with Crippen LogP contribution in [-0.4, -0.2) is 37.5 Å². The molecule has 0 bridgehead atoms. The Morgan fingerprint density at radius 1 is 1.00 bits per heavy atom. The van der Waals surface area contributed by atoms with Crippen molar-refractivity contribution in [3.8, 4) is 16.9 Å². The van der Waals surface area contributed by atoms with Crippen molar-refractivity contribution in [3.05, 3.63) is 52.6 Å². The fraction of sp³-hybridized carbons (Fsp3) is 0.348. The molecule has 6 heteroatoms. The molecule has 29 heavy (non-hydrogen) atoms. The Balaban J connectivity index is 2.23. The molecule has 0 aliphatic carbocycles. The van der Waals surface area contributed by atoms with E-state index in [1.165, 1.54) is 13.8 Å². The van der Waals surface area contributed by atoms with Crippen LogP contribution >= 0.6 is 0 Å². The Kier molecular flexibility index (Phi) is 7.53. The lowest BCUT2D eigenvalue weighted by Crippen LogP contribution is -2.29. The average molecular weight is 398 g/mol. The summed E-state index contributed by atoms with van der Waals surface area (Å²) in [6.07, 6.45) is 0.169. The summed E-state index contributed by atoms with van der Waals surface area (Å²) >= 11 is 0. The van der Waals surface area contributed by atoms with Gasteiger partial charge in [-0.25, -0.2) is 0 Å². The van der Waals surface area contributed by atoms with Crippen molar-refractivity contribution in [2.75, 3.05) is 13.2 Å². The van der Waals surface area contributed by atoms with Gasteiger partial charge in [0, 0.05) is 19.4 Å². The molecule has 0 aromatic heterocycles. The largest absolute Gasteiger partial charge is 0.490 e. The lowest BCUT2D eigenvalue weighted by molar-refractivity contribution is -0.158. The van der Waals surface area contributed by atoms with Gasteiger partial charge in [-0.2, -0.15) is 0 Å². The van der Waals surface area contributed by atoms with E-state index in [9.17, 15) is 14.4 Å². The van der Waals surface area contributed by atoms with Crippen LogP contribution in [0, 0.1) is 20.8 Å². The number of carbonyl (C=O) groups excluding carboxylic acids is 3. The van der Waals surface area contributed by atoms with E-state index in [0.29, 0.717) is 11.3 Å². The molecule has 6 nitrogen and oxygen atoms in total. The van der Waals surface area contributed by atoms with Crippen molar-refractivity contribution < 1.29 is 28.6 Å². The monoisotopic (exact) mass is 398 g/mol. The predicted octanol–water partition coefficient (Wildman–Crippen LogP) is 3.96. The van der Waals surface area contributed by atoms with E-state index in [2.05, 4.69) is 0 Å². The number of aldehydes is 1. The molecule has 154 valence electrons. The minimum Gasteiger partial charge on any atom is -0.490 e. The SMILES string of the molecule is CC(=O)OC[C@@H](COc1cc(C)c(-c2cccc(C=O)c2C)c(C)c1)OC(C)=O. The highest BCUT2D eigenvalue weighted by atomic mass is 16.6. The summed E-state index contributed by atoms with van der Waals surface area (Å²) in [5.74, 6) is -0.307. The molecule has 0 unspecified atom stereocenters. The molecule has 0 amide bonds. The van der Waals surface area contributed by atoms with Crippen molar-refractivity contribution in [3.63, 3.8) is 0 Å². The average Bonchev–Trinajstić information content (AvgIpc) is 2.64. The zero-order valence-electron chi connectivity index (χ0n) is 17.4. The van der Waals surface area contributed by atoms with Gasteiger partial charge >= 0.3 is 11.9 Å². The Hall–Kier alpha value is -3.15. The van der Waals surface area contributed by atoms with Crippen LogP contribution in [0.2, 0.25) is 0 Å². The Morgan fingerprint density at radius 3 is 2.21 bits per heavy atom. The molecule has 0 spiro atoms. The van der Waals surface area contributed by atoms with Crippen LogP contribution in [0.5, 0.6) is 5.75 Å². The first-order valence-corrected chi connectivity index (χ1v) is 9.32. The zero-order valence-corrected chi connectivity index (χ0v) is 17.4. The zero-order chi connectivity index (χ0) is 21.6. The van der Waals surface area contributed by atoms with E-state index in [0.717, 1.165) is 34.1 Å². The lowest BCUT2D eigenvalue weighted by Gasteiger charge is -2.19. The van der Waals surface area contributed by atoms with Crippen LogP contribution in [0.25, 0.3) is 11.1 Å². The minimum absolute atomic E-state index is 0.0603. The third-order valence-electron chi connectivity index (χ3n) is 4.52. The maximum atomic E-state index is 11.3. The smallest absolute Gasteiger partial charge is 0.303 e. The number of esters is 2. The highest BCUT2D eigenvalue weighted by Gasteiger charge is 2.17. The number of carbonyl (C=O) groups is 3. The van der Waals surface area contributed by atoms with Gasteiger partial charge in [-0.15, -0.1) is 0 Å². The normalized spacial score (nSPS) is 11.5. The summed E-state index contributed by atoms with van der Waals surface area (Å²) in [6.45, 7) is 8.46. The van der Waals surface area contributed by atoms with Gasteiger partial charge in [-0.3, -0.25) is 14.4 Å². The summed E-state index contributed by atoms with van der Waals surface area (Å²) in [5.41, 5.74) is 5.64. The maximum Gasteiger partial charge on any atom is 0.303 e. The van der Waals surface area contributed by atoms with Gasteiger partial charge in [0.25, 0.3) is 0 Å². The van der Waals surface area contributed by atoms with Crippen molar-refractivity contribution in [2.45, 2.75) is 40.7 Å². The number of aryl methyl sites for hydroxylation is 2. The molecule has 0 aliphatic heterocycles. The molecule has 0 fully saturated rings. The van der Waals surface area contributed by atoms with Gasteiger partial charge in [-0.1, -0.05) is 18.2 Å². The fourth-order valence-corrected chi connectivity index (χ4v) is 3.23. The van der Waals surface area contributed by atoms with E-state index in [4.69, 9.17) is 14.2 Å². The molecule has 2 rings (SSSR count).